The van der Waals surface area contributed by atoms with Crippen molar-refractivity contribution in [2.45, 2.75) is 6.54 Å². The van der Waals surface area contributed by atoms with Gasteiger partial charge in [0.15, 0.2) is 5.69 Å². The number of amides is 1. The zero-order chi connectivity index (χ0) is 12.1. The van der Waals surface area contributed by atoms with Gasteiger partial charge in [0.05, 0.1) is 0 Å². The molecule has 4 nitrogen and oxygen atoms in total. The molecule has 0 aliphatic heterocycles. The van der Waals surface area contributed by atoms with Gasteiger partial charge in [-0.15, -0.1) is 6.42 Å². The lowest BCUT2D eigenvalue weighted by atomic mass is 10.2. The number of hydrogen-bond donors (Lipinski definition) is 1. The Bertz CT molecular complexity index is 552. The van der Waals surface area contributed by atoms with E-state index < -0.39 is 0 Å². The van der Waals surface area contributed by atoms with Crippen LogP contribution in [0.5, 0.6) is 0 Å². The van der Waals surface area contributed by atoms with Gasteiger partial charge in [-0.3, -0.25) is 4.79 Å². The molecule has 0 fully saturated rings. The Morgan fingerprint density at radius 1 is 1.41 bits per heavy atom. The van der Waals surface area contributed by atoms with Gasteiger partial charge >= 0.3 is 0 Å². The van der Waals surface area contributed by atoms with Crippen LogP contribution in [0.4, 0.5) is 0 Å². The Morgan fingerprint density at radius 3 is 2.82 bits per heavy atom. The van der Waals surface area contributed by atoms with Crippen LogP contribution >= 0.6 is 0 Å². The van der Waals surface area contributed by atoms with Crippen molar-refractivity contribution in [1.82, 2.24) is 10.3 Å². The quantitative estimate of drug-likeness (QED) is 0.808. The molecule has 4 heteroatoms. The summed E-state index contributed by atoms with van der Waals surface area (Å²) in [5.74, 6) is 2.02. The van der Waals surface area contributed by atoms with Gasteiger partial charge in [-0.1, -0.05) is 30.3 Å². The number of nitrogens with zero attached hydrogens (tertiary/aromatic N) is 1. The first kappa shape index (κ1) is 11.0. The predicted octanol–water partition coefficient (Wildman–Crippen LogP) is 1.59. The number of benzene rings is 1. The molecule has 1 N–H and O–H groups in total. The van der Waals surface area contributed by atoms with Gasteiger partial charge in [0.1, 0.15) is 6.26 Å². The minimum atomic E-state index is -0.306. The molecule has 0 aliphatic carbocycles. The highest BCUT2D eigenvalue weighted by Gasteiger charge is 2.10. The van der Waals surface area contributed by atoms with Crippen LogP contribution in [-0.4, -0.2) is 10.9 Å². The Kier molecular flexibility index (Phi) is 3.22. The van der Waals surface area contributed by atoms with Crippen molar-refractivity contribution in [3.05, 3.63) is 53.7 Å². The maximum Gasteiger partial charge on any atom is 0.273 e. The van der Waals surface area contributed by atoms with E-state index in [2.05, 4.69) is 16.2 Å². The highest BCUT2D eigenvalue weighted by atomic mass is 16.3. The molecule has 1 aromatic heterocycles. The standard InChI is InChI=1S/C13H10N2O2/c1-2-12-15-11(9-17-12)13(16)14-8-10-6-4-3-5-7-10/h1,3-7,9H,8H2,(H,14,16). The first-order valence-corrected chi connectivity index (χ1v) is 5.04. The Hall–Kier alpha value is -2.54. The van der Waals surface area contributed by atoms with Crippen LogP contribution in [0.15, 0.2) is 41.0 Å². The zero-order valence-corrected chi connectivity index (χ0v) is 9.01. The number of rotatable bonds is 3. The van der Waals surface area contributed by atoms with E-state index in [0.29, 0.717) is 6.54 Å². The predicted molar refractivity (Wildman–Crippen MR) is 62.1 cm³/mol. The van der Waals surface area contributed by atoms with E-state index in [9.17, 15) is 4.79 Å². The van der Waals surface area contributed by atoms with Crippen LogP contribution in [-0.2, 0) is 6.54 Å². The second kappa shape index (κ2) is 4.99. The molecule has 0 saturated carbocycles. The van der Waals surface area contributed by atoms with E-state index in [-0.39, 0.29) is 17.5 Å². The van der Waals surface area contributed by atoms with Crippen molar-refractivity contribution in [3.8, 4) is 12.3 Å². The van der Waals surface area contributed by atoms with Gasteiger partial charge in [0.2, 0.25) is 0 Å². The number of hydrogen-bond acceptors (Lipinski definition) is 3. The van der Waals surface area contributed by atoms with Crippen LogP contribution in [0, 0.1) is 12.3 Å². The summed E-state index contributed by atoms with van der Waals surface area (Å²) in [5, 5.41) is 2.72. The first-order valence-electron chi connectivity index (χ1n) is 5.04. The maximum absolute atomic E-state index is 11.6. The van der Waals surface area contributed by atoms with Crippen molar-refractivity contribution >= 4 is 5.91 Å². The van der Waals surface area contributed by atoms with E-state index in [1.54, 1.807) is 0 Å². The molecule has 2 aromatic rings. The minimum absolute atomic E-state index is 0.106. The molecular formula is C13H10N2O2. The van der Waals surface area contributed by atoms with Crippen molar-refractivity contribution in [1.29, 1.82) is 0 Å². The van der Waals surface area contributed by atoms with Gasteiger partial charge in [0, 0.05) is 6.54 Å². The zero-order valence-electron chi connectivity index (χ0n) is 9.01. The van der Waals surface area contributed by atoms with E-state index in [4.69, 9.17) is 10.8 Å². The van der Waals surface area contributed by atoms with Crippen LogP contribution in [0.25, 0.3) is 0 Å². The van der Waals surface area contributed by atoms with Crippen molar-refractivity contribution in [3.63, 3.8) is 0 Å². The fraction of sp³-hybridized carbons (Fsp3) is 0.0769. The number of terminal acetylenes is 1. The van der Waals surface area contributed by atoms with Gasteiger partial charge in [-0.05, 0) is 11.5 Å². The number of carbonyl (C=O) groups excluding carboxylic acids is 1. The molecule has 1 heterocycles. The molecule has 1 aromatic carbocycles. The van der Waals surface area contributed by atoms with E-state index >= 15 is 0 Å². The van der Waals surface area contributed by atoms with Gasteiger partial charge in [0.25, 0.3) is 11.8 Å². The summed E-state index contributed by atoms with van der Waals surface area (Å²) < 4.78 is 4.88. The molecule has 84 valence electrons. The third-order valence-electron chi connectivity index (χ3n) is 2.16. The number of carbonyl (C=O) groups is 1. The molecule has 0 bridgehead atoms. The summed E-state index contributed by atoms with van der Waals surface area (Å²) in [6, 6.07) is 9.59. The summed E-state index contributed by atoms with van der Waals surface area (Å²) in [6.07, 6.45) is 6.34. The highest BCUT2D eigenvalue weighted by molar-refractivity contribution is 5.91. The number of aromatic nitrogens is 1. The Morgan fingerprint density at radius 2 is 2.18 bits per heavy atom. The fourth-order valence-corrected chi connectivity index (χ4v) is 1.31. The van der Waals surface area contributed by atoms with Gasteiger partial charge in [-0.2, -0.15) is 4.98 Å². The lowest BCUT2D eigenvalue weighted by Gasteiger charge is -2.02. The van der Waals surface area contributed by atoms with Crippen molar-refractivity contribution < 1.29 is 9.21 Å². The van der Waals surface area contributed by atoms with Crippen molar-refractivity contribution in [2.75, 3.05) is 0 Å². The SMILES string of the molecule is C#Cc1nc(C(=O)NCc2ccccc2)co1. The summed E-state index contributed by atoms with van der Waals surface area (Å²) in [5.41, 5.74) is 1.20. The monoisotopic (exact) mass is 226 g/mol. The highest BCUT2D eigenvalue weighted by Crippen LogP contribution is 2.02. The second-order valence-corrected chi connectivity index (χ2v) is 3.35. The van der Waals surface area contributed by atoms with Gasteiger partial charge in [-0.25, -0.2) is 0 Å². The molecule has 0 radical (unpaired) electrons. The number of nitrogens with one attached hydrogen (secondary N) is 1. The number of oxazole rings is 1. The average Bonchev–Trinajstić information content (AvgIpc) is 2.86. The largest absolute Gasteiger partial charge is 0.438 e. The molecular weight excluding hydrogens is 216 g/mol. The summed E-state index contributed by atoms with van der Waals surface area (Å²) >= 11 is 0. The lowest BCUT2D eigenvalue weighted by molar-refractivity contribution is 0.0946. The van der Waals surface area contributed by atoms with E-state index in [0.717, 1.165) is 5.56 Å². The lowest BCUT2D eigenvalue weighted by Crippen LogP contribution is -2.23. The molecule has 17 heavy (non-hydrogen) atoms. The molecule has 2 rings (SSSR count). The van der Waals surface area contributed by atoms with Crippen LogP contribution in [0.2, 0.25) is 0 Å². The third kappa shape index (κ3) is 2.73. The van der Waals surface area contributed by atoms with Crippen molar-refractivity contribution in [2.24, 2.45) is 0 Å². The van der Waals surface area contributed by atoms with Crippen LogP contribution < -0.4 is 5.32 Å². The molecule has 0 unspecified atom stereocenters. The first-order chi connectivity index (χ1) is 8.29. The maximum atomic E-state index is 11.6. The van der Waals surface area contributed by atoms with E-state index in [1.165, 1.54) is 6.26 Å². The van der Waals surface area contributed by atoms with Gasteiger partial charge < -0.3 is 9.73 Å². The fourth-order valence-electron chi connectivity index (χ4n) is 1.31. The molecule has 1 amide bonds. The normalized spacial score (nSPS) is 9.59. The molecule has 0 spiro atoms. The molecule has 0 aliphatic rings. The van der Waals surface area contributed by atoms with E-state index in [1.807, 2.05) is 30.3 Å². The summed E-state index contributed by atoms with van der Waals surface area (Å²) in [6.45, 7) is 0.442. The average molecular weight is 226 g/mol. The summed E-state index contributed by atoms with van der Waals surface area (Å²) in [7, 11) is 0. The molecule has 0 saturated heterocycles. The van der Waals surface area contributed by atoms with Crippen LogP contribution in [0.1, 0.15) is 21.9 Å². The third-order valence-corrected chi connectivity index (χ3v) is 2.16. The smallest absolute Gasteiger partial charge is 0.273 e. The Labute approximate surface area is 98.7 Å². The topological polar surface area (TPSA) is 55.1 Å². The molecule has 0 atom stereocenters. The minimum Gasteiger partial charge on any atom is -0.438 e. The second-order valence-electron chi connectivity index (χ2n) is 3.35. The Balaban J connectivity index is 1.96. The van der Waals surface area contributed by atoms with Crippen LogP contribution in [0.3, 0.4) is 0 Å². The summed E-state index contributed by atoms with van der Waals surface area (Å²) in [4.78, 5) is 15.5.